The Hall–Kier alpha value is -5.66. The summed E-state index contributed by atoms with van der Waals surface area (Å²) in [5.41, 5.74) is 0.918. The Bertz CT molecular complexity index is 2170. The number of hydrogen-bond donors (Lipinski definition) is 4. The molecule has 1 fully saturated rings. The lowest BCUT2D eigenvalue weighted by Crippen LogP contribution is -2.71. The van der Waals surface area contributed by atoms with E-state index in [4.69, 9.17) is 25.8 Å². The molecule has 0 aliphatic carbocycles. The number of fused-ring (bicyclic) bond motifs is 1. The maximum absolute atomic E-state index is 13.5. The lowest BCUT2D eigenvalue weighted by molar-refractivity contribution is -0.159. The molecule has 286 valence electrons. The summed E-state index contributed by atoms with van der Waals surface area (Å²) >= 11 is 7.68. The number of nitrogens with one attached hydrogen (secondary N) is 1. The van der Waals surface area contributed by atoms with Crippen molar-refractivity contribution in [3.63, 3.8) is 0 Å². The van der Waals surface area contributed by atoms with Crippen molar-refractivity contribution in [2.24, 2.45) is 0 Å². The van der Waals surface area contributed by atoms with Gasteiger partial charge in [0.25, 0.3) is 11.8 Å². The first kappa shape index (κ1) is 39.0. The summed E-state index contributed by atoms with van der Waals surface area (Å²) in [5, 5.41) is 35.0. The Morgan fingerprint density at radius 3 is 2.20 bits per heavy atom. The van der Waals surface area contributed by atoms with E-state index in [0.29, 0.717) is 38.6 Å². The van der Waals surface area contributed by atoms with Crippen LogP contribution in [0.1, 0.15) is 53.4 Å². The lowest BCUT2D eigenvalue weighted by atomic mass is 9.96. The van der Waals surface area contributed by atoms with Gasteiger partial charge >= 0.3 is 11.9 Å². The van der Waals surface area contributed by atoms with Crippen LogP contribution in [0.5, 0.6) is 23.0 Å². The van der Waals surface area contributed by atoms with Crippen molar-refractivity contribution in [1.29, 1.82) is 0 Å². The van der Waals surface area contributed by atoms with E-state index in [2.05, 4.69) is 5.32 Å². The van der Waals surface area contributed by atoms with Gasteiger partial charge in [-0.2, -0.15) is 0 Å². The number of para-hydroxylation sites is 3. The topological polar surface area (TPSA) is 172 Å². The number of amides is 2. The summed E-state index contributed by atoms with van der Waals surface area (Å²) in [4.78, 5) is 54.3. The molecule has 0 bridgehead atoms. The van der Waals surface area contributed by atoms with Gasteiger partial charge in [-0.15, -0.1) is 11.8 Å². The van der Waals surface area contributed by atoms with Gasteiger partial charge in [-0.3, -0.25) is 14.5 Å². The molecule has 2 amide bonds. The van der Waals surface area contributed by atoms with Crippen LogP contribution in [-0.2, 0) is 36.7 Å². The van der Waals surface area contributed by atoms with E-state index in [9.17, 15) is 34.5 Å². The smallest absolute Gasteiger partial charge is 0.355 e. The number of esters is 2. The van der Waals surface area contributed by atoms with Crippen LogP contribution in [0, 0.1) is 0 Å². The Morgan fingerprint density at radius 2 is 1.51 bits per heavy atom. The number of aromatic hydroxyl groups is 3. The minimum atomic E-state index is -0.918. The van der Waals surface area contributed by atoms with Gasteiger partial charge in [-0.05, 0) is 68.3 Å². The fourth-order valence-electron chi connectivity index (χ4n) is 6.18. The van der Waals surface area contributed by atoms with Crippen molar-refractivity contribution >= 4 is 47.1 Å². The molecule has 2 heterocycles. The lowest BCUT2D eigenvalue weighted by Gasteiger charge is -2.49. The highest BCUT2D eigenvalue weighted by molar-refractivity contribution is 8.00. The number of ether oxygens (including phenoxy) is 3. The van der Waals surface area contributed by atoms with Crippen molar-refractivity contribution in [1.82, 2.24) is 10.2 Å². The molecule has 4 N–H and O–H groups in total. The number of β-lactam (4-membered cyclic amide) rings is 1. The van der Waals surface area contributed by atoms with E-state index in [1.165, 1.54) is 22.7 Å². The Balaban J connectivity index is 1.16. The van der Waals surface area contributed by atoms with Crippen LogP contribution in [0.3, 0.4) is 0 Å². The minimum absolute atomic E-state index is 0.00620. The Morgan fingerprint density at radius 1 is 0.855 bits per heavy atom. The fourth-order valence-corrected chi connectivity index (χ4v) is 7.77. The van der Waals surface area contributed by atoms with E-state index in [1.807, 2.05) is 6.07 Å². The van der Waals surface area contributed by atoms with Crippen molar-refractivity contribution in [2.75, 3.05) is 19.0 Å². The van der Waals surface area contributed by atoms with Crippen LogP contribution in [0.2, 0.25) is 5.02 Å². The second kappa shape index (κ2) is 16.4. The monoisotopic (exact) mass is 786 g/mol. The van der Waals surface area contributed by atoms with Gasteiger partial charge in [-0.25, -0.2) is 9.59 Å². The van der Waals surface area contributed by atoms with Gasteiger partial charge in [0.05, 0.1) is 0 Å². The molecule has 14 heteroatoms. The molecule has 55 heavy (non-hydrogen) atoms. The summed E-state index contributed by atoms with van der Waals surface area (Å²) in [6.45, 7) is 4.34. The minimum Gasteiger partial charge on any atom is -0.508 e. The normalized spacial score (nSPS) is 16.5. The third kappa shape index (κ3) is 9.01. The summed E-state index contributed by atoms with van der Waals surface area (Å²) < 4.78 is 16.7. The standard InChI is InChI=1S/C41H39ClN2O10S/c1-41(2,3)54-40(51)34-27(22-55-38-33(37(49)44(34)38)43-32(46)21-52-29-12-5-4-6-13-29)20-53-39(50)30-14-9-11-24(36(30)48)17-26-19-28(42)18-25(35(26)47)16-23-10-7-8-15-31(23)45/h4-15,18-19,33,38,45,47-48H,16-17,20-22H2,1-3H3,(H,43,46)/t33?,38-/m0/s1. The quantitative estimate of drug-likeness (QED) is 0.100. The number of phenols is 3. The van der Waals surface area contributed by atoms with E-state index >= 15 is 0 Å². The van der Waals surface area contributed by atoms with E-state index in [0.717, 1.165) is 0 Å². The molecule has 2 aliphatic heterocycles. The largest absolute Gasteiger partial charge is 0.508 e. The molecular formula is C41H39ClN2O10S. The number of benzene rings is 4. The molecule has 1 unspecified atom stereocenters. The first-order valence-corrected chi connectivity index (χ1v) is 18.7. The molecule has 12 nitrogen and oxygen atoms in total. The highest BCUT2D eigenvalue weighted by Crippen LogP contribution is 2.41. The average molecular weight is 787 g/mol. The summed E-state index contributed by atoms with van der Waals surface area (Å²) in [7, 11) is 0. The van der Waals surface area contributed by atoms with Crippen molar-refractivity contribution in [3.05, 3.63) is 129 Å². The molecule has 4 aromatic carbocycles. The van der Waals surface area contributed by atoms with Gasteiger partial charge in [0.1, 0.15) is 57.9 Å². The number of carbonyl (C=O) groups excluding carboxylic acids is 4. The molecule has 2 aliphatic rings. The van der Waals surface area contributed by atoms with Gasteiger partial charge < -0.3 is 34.8 Å². The third-order valence-corrected chi connectivity index (χ3v) is 10.3. The first-order valence-electron chi connectivity index (χ1n) is 17.3. The van der Waals surface area contributed by atoms with Gasteiger partial charge in [0.2, 0.25) is 0 Å². The van der Waals surface area contributed by atoms with Crippen LogP contribution < -0.4 is 10.1 Å². The SMILES string of the molecule is CC(C)(C)OC(=O)C1=C(COC(=O)c2cccc(Cc3cc(Cl)cc(Cc4ccccc4O)c3O)c2O)CS[C@H]2C(NC(=O)COc3ccccc3)C(=O)N12. The number of rotatable bonds is 12. The Kier molecular flexibility index (Phi) is 11.6. The van der Waals surface area contributed by atoms with Crippen LogP contribution >= 0.6 is 23.4 Å². The van der Waals surface area contributed by atoms with Gasteiger partial charge in [0.15, 0.2) is 6.61 Å². The number of carbonyl (C=O) groups is 4. The van der Waals surface area contributed by atoms with Crippen LogP contribution in [0.4, 0.5) is 0 Å². The first-order chi connectivity index (χ1) is 26.2. The fraction of sp³-hybridized carbons (Fsp3) is 0.268. The van der Waals surface area contributed by atoms with Crippen LogP contribution in [0.25, 0.3) is 0 Å². The molecular weight excluding hydrogens is 748 g/mol. The highest BCUT2D eigenvalue weighted by atomic mass is 35.5. The average Bonchev–Trinajstić information content (AvgIpc) is 3.14. The highest BCUT2D eigenvalue weighted by Gasteiger charge is 2.54. The van der Waals surface area contributed by atoms with E-state index in [-0.39, 0.29) is 53.7 Å². The number of halogens is 1. The Labute approximate surface area is 326 Å². The summed E-state index contributed by atoms with van der Waals surface area (Å²) in [5.74, 6) is -2.43. The molecule has 2 atom stereocenters. The number of nitrogens with zero attached hydrogens (tertiary/aromatic N) is 1. The number of phenolic OH excluding ortho intramolecular Hbond substituents is 3. The number of thioether (sulfide) groups is 1. The zero-order chi connectivity index (χ0) is 39.4. The maximum atomic E-state index is 13.5. The molecule has 0 spiro atoms. The van der Waals surface area contributed by atoms with E-state index in [1.54, 1.807) is 93.6 Å². The molecule has 1 saturated heterocycles. The number of hydrogen-bond acceptors (Lipinski definition) is 11. The molecule has 0 radical (unpaired) electrons. The third-order valence-electron chi connectivity index (χ3n) is 8.77. The molecule has 4 aromatic rings. The zero-order valence-electron chi connectivity index (χ0n) is 30.2. The van der Waals surface area contributed by atoms with Crippen molar-refractivity contribution in [3.8, 4) is 23.0 Å². The second-order valence-electron chi connectivity index (χ2n) is 14.0. The second-order valence-corrected chi connectivity index (χ2v) is 15.5. The predicted molar refractivity (Wildman–Crippen MR) is 205 cm³/mol. The van der Waals surface area contributed by atoms with Gasteiger partial charge in [0, 0.05) is 40.3 Å². The summed E-state index contributed by atoms with van der Waals surface area (Å²) in [6.07, 6.45) is 0.207. The van der Waals surface area contributed by atoms with Crippen LogP contribution in [-0.4, -0.2) is 80.0 Å². The van der Waals surface area contributed by atoms with Crippen molar-refractivity contribution < 1.29 is 48.7 Å². The van der Waals surface area contributed by atoms with Crippen molar-refractivity contribution in [2.45, 2.75) is 50.6 Å². The maximum Gasteiger partial charge on any atom is 0.355 e. The molecule has 0 aromatic heterocycles. The predicted octanol–water partition coefficient (Wildman–Crippen LogP) is 5.87. The van der Waals surface area contributed by atoms with E-state index < -0.39 is 47.4 Å². The summed E-state index contributed by atoms with van der Waals surface area (Å²) in [6, 6.07) is 22.3. The zero-order valence-corrected chi connectivity index (χ0v) is 31.8. The van der Waals surface area contributed by atoms with Gasteiger partial charge in [-0.1, -0.05) is 60.1 Å². The molecule has 6 rings (SSSR count). The molecule has 0 saturated carbocycles. The van der Waals surface area contributed by atoms with Crippen LogP contribution in [0.15, 0.2) is 96.2 Å².